The quantitative estimate of drug-likeness (QED) is 0.615. The molecule has 4 N–H and O–H groups in total. The van der Waals surface area contributed by atoms with Crippen LogP contribution >= 0.6 is 0 Å². The van der Waals surface area contributed by atoms with Crippen molar-refractivity contribution in [2.75, 3.05) is 11.1 Å². The van der Waals surface area contributed by atoms with Crippen LogP contribution in [0.2, 0.25) is 0 Å². The van der Waals surface area contributed by atoms with Crippen LogP contribution in [0.3, 0.4) is 0 Å². The summed E-state index contributed by atoms with van der Waals surface area (Å²) < 4.78 is 0. The summed E-state index contributed by atoms with van der Waals surface area (Å²) in [6.45, 7) is 0.699. The smallest absolute Gasteiger partial charge is 0.0881 e. The molecule has 0 atom stereocenters. The molecule has 1 aromatic heterocycles. The number of hydrogen-bond acceptors (Lipinski definition) is 3. The predicted octanol–water partition coefficient (Wildman–Crippen LogP) is 2.76. The number of rotatable bonds is 3. The molecule has 0 fully saturated rings. The monoisotopic (exact) mass is 238 g/mol. The number of benzene rings is 2. The number of fused-ring (bicyclic) bond motifs is 1. The van der Waals surface area contributed by atoms with Gasteiger partial charge in [-0.05, 0) is 17.7 Å². The largest absolute Gasteiger partial charge is 0.398 e. The highest BCUT2D eigenvalue weighted by Gasteiger charge is 2.03. The maximum Gasteiger partial charge on any atom is 0.0881 e. The van der Waals surface area contributed by atoms with E-state index in [1.807, 2.05) is 48.7 Å². The minimum Gasteiger partial charge on any atom is -0.398 e. The highest BCUT2D eigenvalue weighted by molar-refractivity contribution is 5.89. The molecule has 2 aromatic carbocycles. The summed E-state index contributed by atoms with van der Waals surface area (Å²) in [5, 5.41) is 11.5. The number of nitrogens with two attached hydrogens (primary N) is 1. The zero-order valence-corrected chi connectivity index (χ0v) is 9.85. The van der Waals surface area contributed by atoms with E-state index in [0.29, 0.717) is 6.54 Å². The van der Waals surface area contributed by atoms with Crippen molar-refractivity contribution in [3.63, 3.8) is 0 Å². The molecule has 3 aromatic rings. The Hall–Kier alpha value is -2.49. The third kappa shape index (κ3) is 1.88. The Kier molecular flexibility index (Phi) is 2.61. The Morgan fingerprint density at radius 3 is 2.89 bits per heavy atom. The first-order valence-corrected chi connectivity index (χ1v) is 5.84. The van der Waals surface area contributed by atoms with Gasteiger partial charge in [0.05, 0.1) is 17.4 Å². The molecule has 0 aliphatic carbocycles. The summed E-state index contributed by atoms with van der Waals surface area (Å²) in [6, 6.07) is 13.9. The Bertz CT molecular complexity index is 672. The van der Waals surface area contributed by atoms with Gasteiger partial charge in [-0.1, -0.05) is 30.3 Å². The van der Waals surface area contributed by atoms with Gasteiger partial charge < -0.3 is 11.1 Å². The number of H-pyrrole nitrogens is 1. The van der Waals surface area contributed by atoms with Gasteiger partial charge in [-0.25, -0.2) is 0 Å². The van der Waals surface area contributed by atoms with Gasteiger partial charge in [-0.2, -0.15) is 5.10 Å². The van der Waals surface area contributed by atoms with Gasteiger partial charge in [0, 0.05) is 17.6 Å². The third-order valence-corrected chi connectivity index (χ3v) is 3.00. The van der Waals surface area contributed by atoms with E-state index < -0.39 is 0 Å². The van der Waals surface area contributed by atoms with Crippen LogP contribution in [0, 0.1) is 0 Å². The first-order valence-electron chi connectivity index (χ1n) is 5.84. The van der Waals surface area contributed by atoms with Crippen LogP contribution in [0.15, 0.2) is 48.7 Å². The fraction of sp³-hybridized carbons (Fsp3) is 0.0714. The minimum absolute atomic E-state index is 0.699. The van der Waals surface area contributed by atoms with Gasteiger partial charge in [0.15, 0.2) is 0 Å². The van der Waals surface area contributed by atoms with Gasteiger partial charge >= 0.3 is 0 Å². The summed E-state index contributed by atoms with van der Waals surface area (Å²) in [7, 11) is 0. The summed E-state index contributed by atoms with van der Waals surface area (Å²) in [5.74, 6) is 0. The molecule has 0 aliphatic rings. The average molecular weight is 238 g/mol. The summed E-state index contributed by atoms with van der Waals surface area (Å²) in [6.07, 6.45) is 1.82. The third-order valence-electron chi connectivity index (χ3n) is 3.00. The van der Waals surface area contributed by atoms with Crippen molar-refractivity contribution in [1.29, 1.82) is 0 Å². The molecule has 0 saturated heterocycles. The maximum atomic E-state index is 5.92. The standard InChI is InChI=1S/C14H14N4/c15-12-6-2-1-4-10(12)8-16-13-7-3-5-11-9-17-18-14(11)13/h1-7,9,16H,8,15H2,(H,17,18). The second-order valence-electron chi connectivity index (χ2n) is 4.19. The molecule has 0 unspecified atom stereocenters. The van der Waals surface area contributed by atoms with Gasteiger partial charge in [-0.3, -0.25) is 5.10 Å². The minimum atomic E-state index is 0.699. The van der Waals surface area contributed by atoms with E-state index in [0.717, 1.165) is 27.8 Å². The maximum absolute atomic E-state index is 5.92. The SMILES string of the molecule is Nc1ccccc1CNc1cccc2cn[nH]c12. The molecule has 0 spiro atoms. The fourth-order valence-corrected chi connectivity index (χ4v) is 2.00. The molecule has 1 heterocycles. The predicted molar refractivity (Wildman–Crippen MR) is 74.3 cm³/mol. The van der Waals surface area contributed by atoms with Crippen molar-refractivity contribution in [3.8, 4) is 0 Å². The molecule has 4 nitrogen and oxygen atoms in total. The van der Waals surface area contributed by atoms with E-state index in [-0.39, 0.29) is 0 Å². The van der Waals surface area contributed by atoms with Crippen molar-refractivity contribution in [1.82, 2.24) is 10.2 Å². The van der Waals surface area contributed by atoms with Crippen LogP contribution < -0.4 is 11.1 Å². The van der Waals surface area contributed by atoms with E-state index in [2.05, 4.69) is 15.5 Å². The lowest BCUT2D eigenvalue weighted by Crippen LogP contribution is -2.03. The first-order chi connectivity index (χ1) is 8.84. The normalized spacial score (nSPS) is 10.7. The number of hydrogen-bond donors (Lipinski definition) is 3. The van der Waals surface area contributed by atoms with Crippen molar-refractivity contribution in [2.24, 2.45) is 0 Å². The topological polar surface area (TPSA) is 66.7 Å². The van der Waals surface area contributed by atoms with E-state index in [1.54, 1.807) is 0 Å². The van der Waals surface area contributed by atoms with Crippen molar-refractivity contribution in [2.45, 2.75) is 6.54 Å². The molecule has 0 amide bonds. The van der Waals surface area contributed by atoms with Crippen molar-refractivity contribution in [3.05, 3.63) is 54.2 Å². The zero-order chi connectivity index (χ0) is 12.4. The lowest BCUT2D eigenvalue weighted by Gasteiger charge is -2.09. The van der Waals surface area contributed by atoms with Crippen LogP contribution in [0.1, 0.15) is 5.56 Å². The Morgan fingerprint density at radius 1 is 1.11 bits per heavy atom. The number of para-hydroxylation sites is 2. The molecule has 0 saturated carbocycles. The van der Waals surface area contributed by atoms with Crippen LogP contribution in [0.4, 0.5) is 11.4 Å². The van der Waals surface area contributed by atoms with Crippen LogP contribution in [-0.4, -0.2) is 10.2 Å². The number of aromatic amines is 1. The van der Waals surface area contributed by atoms with Gasteiger partial charge in [0.25, 0.3) is 0 Å². The fourth-order valence-electron chi connectivity index (χ4n) is 2.00. The highest BCUT2D eigenvalue weighted by Crippen LogP contribution is 2.21. The van der Waals surface area contributed by atoms with Crippen LogP contribution in [-0.2, 0) is 6.54 Å². The van der Waals surface area contributed by atoms with E-state index in [1.165, 1.54) is 0 Å². The van der Waals surface area contributed by atoms with Crippen LogP contribution in [0.5, 0.6) is 0 Å². The molecule has 90 valence electrons. The molecule has 3 rings (SSSR count). The zero-order valence-electron chi connectivity index (χ0n) is 9.85. The highest BCUT2D eigenvalue weighted by atomic mass is 15.1. The first kappa shape index (κ1) is 10.7. The molecule has 18 heavy (non-hydrogen) atoms. The summed E-state index contributed by atoms with van der Waals surface area (Å²) in [5.41, 5.74) is 9.87. The van der Waals surface area contributed by atoms with E-state index >= 15 is 0 Å². The number of anilines is 2. The summed E-state index contributed by atoms with van der Waals surface area (Å²) in [4.78, 5) is 0. The van der Waals surface area contributed by atoms with Crippen molar-refractivity contribution >= 4 is 22.3 Å². The van der Waals surface area contributed by atoms with E-state index in [9.17, 15) is 0 Å². The number of nitrogens with zero attached hydrogens (tertiary/aromatic N) is 1. The second kappa shape index (κ2) is 4.41. The molecule has 0 radical (unpaired) electrons. The molecule has 0 bridgehead atoms. The van der Waals surface area contributed by atoms with Gasteiger partial charge in [-0.15, -0.1) is 0 Å². The second-order valence-corrected chi connectivity index (χ2v) is 4.19. The van der Waals surface area contributed by atoms with Gasteiger partial charge in [0.2, 0.25) is 0 Å². The molecule has 0 aliphatic heterocycles. The Balaban J connectivity index is 1.85. The number of nitrogens with one attached hydrogen (secondary N) is 2. The van der Waals surface area contributed by atoms with Gasteiger partial charge in [0.1, 0.15) is 0 Å². The molecule has 4 heteroatoms. The molecular weight excluding hydrogens is 224 g/mol. The van der Waals surface area contributed by atoms with Crippen molar-refractivity contribution < 1.29 is 0 Å². The molecular formula is C14H14N4. The number of aromatic nitrogens is 2. The Labute approximate surface area is 105 Å². The van der Waals surface area contributed by atoms with E-state index in [4.69, 9.17) is 5.73 Å². The summed E-state index contributed by atoms with van der Waals surface area (Å²) >= 11 is 0. The van der Waals surface area contributed by atoms with Crippen LogP contribution in [0.25, 0.3) is 10.9 Å². The Morgan fingerprint density at radius 2 is 2.00 bits per heavy atom. The lowest BCUT2D eigenvalue weighted by atomic mass is 10.1. The number of nitrogen functional groups attached to an aromatic ring is 1. The lowest BCUT2D eigenvalue weighted by molar-refractivity contribution is 1.11. The average Bonchev–Trinajstić information content (AvgIpc) is 2.86.